The highest BCUT2D eigenvalue weighted by molar-refractivity contribution is 6.31. The first-order valence-corrected chi connectivity index (χ1v) is 10.1. The molecule has 2 aromatic carbocycles. The van der Waals surface area contributed by atoms with Crippen molar-refractivity contribution in [1.82, 2.24) is 0 Å². The van der Waals surface area contributed by atoms with Gasteiger partial charge in [-0.2, -0.15) is 0 Å². The summed E-state index contributed by atoms with van der Waals surface area (Å²) in [6, 6.07) is 10.6. The Balaban J connectivity index is 1.67. The Kier molecular flexibility index (Phi) is 4.83. The third kappa shape index (κ3) is 3.39. The van der Waals surface area contributed by atoms with Gasteiger partial charge < -0.3 is 13.9 Å². The molecule has 2 aromatic heterocycles. The molecule has 6 nitrogen and oxygen atoms in total. The molecule has 1 aliphatic rings. The van der Waals surface area contributed by atoms with Gasteiger partial charge in [-0.25, -0.2) is 8.78 Å². The number of furan rings is 2. The fourth-order valence-electron chi connectivity index (χ4n) is 3.89. The molecule has 0 aliphatic carbocycles. The molecule has 1 amide bonds. The molecule has 0 radical (unpaired) electrons. The van der Waals surface area contributed by atoms with Gasteiger partial charge in [0.15, 0.2) is 11.5 Å². The second kappa shape index (κ2) is 7.60. The third-order valence-corrected chi connectivity index (χ3v) is 5.59. The normalized spacial score (nSPS) is 16.3. The third-order valence-electron chi connectivity index (χ3n) is 5.35. The van der Waals surface area contributed by atoms with Gasteiger partial charge in [0.05, 0.1) is 11.3 Å². The molecule has 0 fully saturated rings. The van der Waals surface area contributed by atoms with Crippen LogP contribution < -0.4 is 4.90 Å². The molecular formula is C24H14ClF2NO5. The number of aliphatic hydroxyl groups excluding tert-OH is 1. The van der Waals surface area contributed by atoms with Crippen LogP contribution >= 0.6 is 11.6 Å². The molecule has 1 N–H and O–H groups in total. The zero-order valence-corrected chi connectivity index (χ0v) is 17.7. The van der Waals surface area contributed by atoms with E-state index in [2.05, 4.69) is 0 Å². The summed E-state index contributed by atoms with van der Waals surface area (Å²) in [5, 5.41) is 11.7. The minimum absolute atomic E-state index is 0.108. The topological polar surface area (TPSA) is 83.9 Å². The lowest BCUT2D eigenvalue weighted by Gasteiger charge is -2.25. The lowest BCUT2D eigenvalue weighted by atomic mass is 9.99. The van der Waals surface area contributed by atoms with Gasteiger partial charge in [0.2, 0.25) is 5.78 Å². The Hall–Kier alpha value is -3.91. The zero-order chi connectivity index (χ0) is 23.4. The number of hydrogen-bond donors (Lipinski definition) is 1. The minimum atomic E-state index is -1.31. The lowest BCUT2D eigenvalue weighted by molar-refractivity contribution is -0.117. The average molecular weight is 470 g/mol. The van der Waals surface area contributed by atoms with Crippen molar-refractivity contribution in [1.29, 1.82) is 0 Å². The highest BCUT2D eigenvalue weighted by Gasteiger charge is 2.47. The summed E-state index contributed by atoms with van der Waals surface area (Å²) in [7, 11) is 0. The van der Waals surface area contributed by atoms with Crippen molar-refractivity contribution in [2.45, 2.75) is 13.0 Å². The van der Waals surface area contributed by atoms with Crippen molar-refractivity contribution in [3.8, 4) is 0 Å². The van der Waals surface area contributed by atoms with E-state index in [4.69, 9.17) is 20.4 Å². The summed E-state index contributed by atoms with van der Waals surface area (Å²) in [5.74, 6) is -4.19. The first-order chi connectivity index (χ1) is 15.7. The van der Waals surface area contributed by atoms with Crippen molar-refractivity contribution >= 4 is 39.9 Å². The van der Waals surface area contributed by atoms with E-state index < -0.39 is 35.1 Å². The van der Waals surface area contributed by atoms with Crippen molar-refractivity contribution in [3.05, 3.63) is 99.9 Å². The Bertz CT molecular complexity index is 1490. The average Bonchev–Trinajstić information content (AvgIpc) is 3.45. The molecule has 3 heterocycles. The molecule has 1 atom stereocenters. The first kappa shape index (κ1) is 21.0. The van der Waals surface area contributed by atoms with Gasteiger partial charge in [0.1, 0.15) is 34.8 Å². The summed E-state index contributed by atoms with van der Waals surface area (Å²) in [6.07, 6.45) is 0. The number of carbonyl (C=O) groups is 2. The molecule has 33 heavy (non-hydrogen) atoms. The SMILES string of the molecule is Cc1ccc(C2C(C(=O)c3cc4cc(Cl)ccc4o3)=C(O)C(=O)N2c2ccc(F)cc2F)o1. The van der Waals surface area contributed by atoms with Crippen molar-refractivity contribution in [2.75, 3.05) is 4.90 Å². The Morgan fingerprint density at radius 1 is 1.06 bits per heavy atom. The molecule has 1 unspecified atom stereocenters. The van der Waals surface area contributed by atoms with E-state index in [0.717, 1.165) is 17.0 Å². The summed E-state index contributed by atoms with van der Waals surface area (Å²) in [5.41, 5.74) is -0.312. The van der Waals surface area contributed by atoms with Crippen LogP contribution in [0.3, 0.4) is 0 Å². The number of benzene rings is 2. The van der Waals surface area contributed by atoms with Crippen LogP contribution in [0.25, 0.3) is 11.0 Å². The maximum absolute atomic E-state index is 14.6. The van der Waals surface area contributed by atoms with Crippen LogP contribution in [0.15, 0.2) is 74.8 Å². The molecule has 0 spiro atoms. The van der Waals surface area contributed by atoms with E-state index >= 15 is 0 Å². The zero-order valence-electron chi connectivity index (χ0n) is 16.9. The number of hydrogen-bond acceptors (Lipinski definition) is 5. The van der Waals surface area contributed by atoms with Gasteiger partial charge in [-0.15, -0.1) is 0 Å². The molecule has 9 heteroatoms. The van der Waals surface area contributed by atoms with Gasteiger partial charge in [0, 0.05) is 16.5 Å². The maximum atomic E-state index is 14.6. The van der Waals surface area contributed by atoms with E-state index in [0.29, 0.717) is 27.8 Å². The highest BCUT2D eigenvalue weighted by atomic mass is 35.5. The van der Waals surface area contributed by atoms with E-state index in [1.54, 1.807) is 31.2 Å². The molecule has 166 valence electrons. The Labute approximate surface area is 190 Å². The predicted molar refractivity (Wildman–Crippen MR) is 115 cm³/mol. The van der Waals surface area contributed by atoms with Gasteiger partial charge in [0.25, 0.3) is 5.91 Å². The number of rotatable bonds is 4. The van der Waals surface area contributed by atoms with Crippen LogP contribution in [0.1, 0.15) is 28.1 Å². The smallest absolute Gasteiger partial charge is 0.294 e. The van der Waals surface area contributed by atoms with E-state index in [1.165, 1.54) is 12.1 Å². The van der Waals surface area contributed by atoms with Crippen molar-refractivity contribution < 1.29 is 32.3 Å². The minimum Gasteiger partial charge on any atom is -0.503 e. The second-order valence-corrected chi connectivity index (χ2v) is 7.94. The molecule has 5 rings (SSSR count). The number of Topliss-reactive ketones (excluding diaryl/α,β-unsaturated/α-hetero) is 1. The Morgan fingerprint density at radius 2 is 1.85 bits per heavy atom. The van der Waals surface area contributed by atoms with Gasteiger partial charge in [-0.1, -0.05) is 11.6 Å². The van der Waals surface area contributed by atoms with Gasteiger partial charge in [-0.3, -0.25) is 14.5 Å². The summed E-state index contributed by atoms with van der Waals surface area (Å²) < 4.78 is 39.4. The molecule has 0 saturated heterocycles. The van der Waals surface area contributed by atoms with Crippen molar-refractivity contribution in [2.24, 2.45) is 0 Å². The first-order valence-electron chi connectivity index (χ1n) is 9.76. The molecule has 4 aromatic rings. The maximum Gasteiger partial charge on any atom is 0.294 e. The van der Waals surface area contributed by atoms with E-state index in [9.17, 15) is 23.5 Å². The molecular weight excluding hydrogens is 456 g/mol. The summed E-state index contributed by atoms with van der Waals surface area (Å²) in [4.78, 5) is 27.3. The van der Waals surface area contributed by atoms with Gasteiger partial charge in [-0.05, 0) is 55.5 Å². The van der Waals surface area contributed by atoms with Crippen LogP contribution in [-0.4, -0.2) is 16.8 Å². The number of amides is 1. The lowest BCUT2D eigenvalue weighted by Crippen LogP contribution is -2.31. The summed E-state index contributed by atoms with van der Waals surface area (Å²) in [6.45, 7) is 1.65. The number of fused-ring (bicyclic) bond motifs is 1. The van der Waals surface area contributed by atoms with Crippen LogP contribution in [0, 0.1) is 18.6 Å². The predicted octanol–water partition coefficient (Wildman–Crippen LogP) is 6.05. The van der Waals surface area contributed by atoms with Crippen LogP contribution in [0.5, 0.6) is 0 Å². The fourth-order valence-corrected chi connectivity index (χ4v) is 4.07. The molecule has 0 bridgehead atoms. The number of ketones is 1. The number of aliphatic hydroxyl groups is 1. The number of aryl methyl sites for hydroxylation is 1. The molecule has 0 saturated carbocycles. The Morgan fingerprint density at radius 3 is 2.55 bits per heavy atom. The van der Waals surface area contributed by atoms with Crippen LogP contribution in [0.4, 0.5) is 14.5 Å². The quantitative estimate of drug-likeness (QED) is 0.368. The molecule has 1 aliphatic heterocycles. The summed E-state index contributed by atoms with van der Waals surface area (Å²) >= 11 is 5.99. The van der Waals surface area contributed by atoms with Crippen molar-refractivity contribution in [3.63, 3.8) is 0 Å². The van der Waals surface area contributed by atoms with Crippen LogP contribution in [-0.2, 0) is 4.79 Å². The fraction of sp³-hybridized carbons (Fsp3) is 0.0833. The van der Waals surface area contributed by atoms with Gasteiger partial charge >= 0.3 is 0 Å². The van der Waals surface area contributed by atoms with Crippen LogP contribution in [0.2, 0.25) is 5.02 Å². The van der Waals surface area contributed by atoms with E-state index in [1.807, 2.05) is 0 Å². The monoisotopic (exact) mass is 469 g/mol. The van der Waals surface area contributed by atoms with E-state index in [-0.39, 0.29) is 22.8 Å². The standard InChI is InChI=1S/C24H14ClF2NO5/c1-11-2-6-18(32-11)21-20(22(29)19-9-12-8-13(25)3-7-17(12)33-19)23(30)24(31)28(21)16-5-4-14(26)10-15(16)27/h2-10,21,30H,1H3. The number of halogens is 3. The number of anilines is 1. The number of carbonyl (C=O) groups excluding carboxylic acids is 2. The largest absolute Gasteiger partial charge is 0.503 e. The number of nitrogens with zero attached hydrogens (tertiary/aromatic N) is 1. The highest BCUT2D eigenvalue weighted by Crippen LogP contribution is 2.43. The second-order valence-electron chi connectivity index (χ2n) is 7.51.